The van der Waals surface area contributed by atoms with E-state index in [2.05, 4.69) is 0 Å². The highest BCUT2D eigenvalue weighted by Crippen LogP contribution is 2.53. The van der Waals surface area contributed by atoms with Crippen molar-refractivity contribution in [1.82, 2.24) is 4.90 Å². The van der Waals surface area contributed by atoms with Crippen LogP contribution >= 0.6 is 0 Å². The van der Waals surface area contributed by atoms with Gasteiger partial charge >= 0.3 is 6.09 Å². The molecule has 3 aliphatic rings. The van der Waals surface area contributed by atoms with Crippen LogP contribution in [0, 0.1) is 0 Å². The molecule has 1 saturated heterocycles. The highest BCUT2D eigenvalue weighted by molar-refractivity contribution is 6.05. The summed E-state index contributed by atoms with van der Waals surface area (Å²) < 4.78 is 15.9. The minimum absolute atomic E-state index is 0.0497. The molecule has 2 aliphatic carbocycles. The maximum Gasteiger partial charge on any atom is 0.410 e. The number of benzene rings is 1. The molecule has 4 rings (SSSR count). The first-order valence-electron chi connectivity index (χ1n) is 9.32. The van der Waals surface area contributed by atoms with Gasteiger partial charge in [0, 0.05) is 12.0 Å². The van der Waals surface area contributed by atoms with Crippen molar-refractivity contribution in [3.63, 3.8) is 0 Å². The number of phenols is 1. The minimum Gasteiger partial charge on any atom is -0.504 e. The van der Waals surface area contributed by atoms with Crippen LogP contribution in [0.3, 0.4) is 0 Å². The minimum atomic E-state index is -0.582. The average molecular weight is 385 g/mol. The van der Waals surface area contributed by atoms with E-state index in [1.807, 2.05) is 12.1 Å². The Hall–Kier alpha value is -2.96. The Morgan fingerprint density at radius 2 is 2.11 bits per heavy atom. The van der Waals surface area contributed by atoms with Gasteiger partial charge in [-0.3, -0.25) is 4.79 Å². The zero-order valence-electron chi connectivity index (χ0n) is 16.2. The normalized spacial score (nSPS) is 25.2. The predicted molar refractivity (Wildman–Crippen MR) is 100 cm³/mol. The lowest BCUT2D eigenvalue weighted by Gasteiger charge is -2.52. The SMILES string of the molecule is CCOC(=O)N1CCC23C=C(OC)C(=O)C=C2C1Cc1cc(O)c(OC)cc13. The van der Waals surface area contributed by atoms with E-state index in [1.54, 1.807) is 24.0 Å². The van der Waals surface area contributed by atoms with Gasteiger partial charge in [0.25, 0.3) is 0 Å². The number of methoxy groups -OCH3 is 2. The number of allylic oxidation sites excluding steroid dienone is 2. The molecule has 28 heavy (non-hydrogen) atoms. The van der Waals surface area contributed by atoms with E-state index in [4.69, 9.17) is 14.2 Å². The van der Waals surface area contributed by atoms with E-state index in [0.717, 1.165) is 16.7 Å². The number of rotatable bonds is 3. The van der Waals surface area contributed by atoms with Crippen LogP contribution in [0.25, 0.3) is 0 Å². The maximum absolute atomic E-state index is 12.5. The van der Waals surface area contributed by atoms with Crippen molar-refractivity contribution in [3.8, 4) is 11.5 Å². The molecule has 1 aromatic rings. The van der Waals surface area contributed by atoms with Gasteiger partial charge in [0.15, 0.2) is 17.3 Å². The highest BCUT2D eigenvalue weighted by Gasteiger charge is 2.52. The molecular weight excluding hydrogens is 362 g/mol. The second-order valence-electron chi connectivity index (χ2n) is 7.19. The Balaban J connectivity index is 1.92. The zero-order chi connectivity index (χ0) is 20.1. The van der Waals surface area contributed by atoms with Gasteiger partial charge in [0.05, 0.1) is 26.9 Å². The van der Waals surface area contributed by atoms with Crippen LogP contribution in [0.15, 0.2) is 35.6 Å². The fourth-order valence-corrected chi connectivity index (χ4v) is 4.69. The summed E-state index contributed by atoms with van der Waals surface area (Å²) in [6.45, 7) is 2.54. The van der Waals surface area contributed by atoms with Crippen LogP contribution in [0.5, 0.6) is 11.5 Å². The number of fused-ring (bicyclic) bond motifs is 1. The van der Waals surface area contributed by atoms with E-state index in [0.29, 0.717) is 25.1 Å². The zero-order valence-corrected chi connectivity index (χ0v) is 16.2. The number of ether oxygens (including phenoxy) is 3. The van der Waals surface area contributed by atoms with Gasteiger partial charge in [-0.05, 0) is 60.8 Å². The number of piperidine rings is 1. The third-order valence-electron chi connectivity index (χ3n) is 5.93. The second-order valence-corrected chi connectivity index (χ2v) is 7.19. The molecule has 7 heteroatoms. The lowest BCUT2D eigenvalue weighted by molar-refractivity contribution is -0.114. The molecule has 2 bridgehead atoms. The molecule has 1 amide bonds. The van der Waals surface area contributed by atoms with E-state index in [1.165, 1.54) is 14.2 Å². The number of aromatic hydroxyl groups is 1. The fourth-order valence-electron chi connectivity index (χ4n) is 4.69. The van der Waals surface area contributed by atoms with Crippen molar-refractivity contribution in [2.24, 2.45) is 0 Å². The van der Waals surface area contributed by atoms with Crippen LogP contribution < -0.4 is 4.74 Å². The van der Waals surface area contributed by atoms with Crippen LogP contribution in [0.2, 0.25) is 0 Å². The van der Waals surface area contributed by atoms with Gasteiger partial charge < -0.3 is 24.2 Å². The first-order valence-corrected chi connectivity index (χ1v) is 9.32. The van der Waals surface area contributed by atoms with Crippen molar-refractivity contribution >= 4 is 11.9 Å². The predicted octanol–water partition coefficient (Wildman–Crippen LogP) is 2.46. The molecule has 0 radical (unpaired) electrons. The summed E-state index contributed by atoms with van der Waals surface area (Å²) in [7, 11) is 2.98. The van der Waals surface area contributed by atoms with Gasteiger partial charge in [0.2, 0.25) is 5.78 Å². The van der Waals surface area contributed by atoms with Gasteiger partial charge in [-0.15, -0.1) is 0 Å². The quantitative estimate of drug-likeness (QED) is 0.860. The monoisotopic (exact) mass is 385 g/mol. The lowest BCUT2D eigenvalue weighted by Crippen LogP contribution is -2.57. The Labute approximate surface area is 163 Å². The molecule has 1 aromatic carbocycles. The van der Waals surface area contributed by atoms with Gasteiger partial charge in [0.1, 0.15) is 0 Å². The summed E-state index contributed by atoms with van der Waals surface area (Å²) >= 11 is 0. The van der Waals surface area contributed by atoms with Crippen molar-refractivity contribution in [1.29, 1.82) is 0 Å². The Morgan fingerprint density at radius 1 is 1.32 bits per heavy atom. The largest absolute Gasteiger partial charge is 0.504 e. The van der Waals surface area contributed by atoms with Crippen molar-refractivity contribution in [2.45, 2.75) is 31.2 Å². The fraction of sp³-hybridized carbons (Fsp3) is 0.429. The number of hydrogen-bond acceptors (Lipinski definition) is 6. The molecule has 0 saturated carbocycles. The summed E-state index contributed by atoms with van der Waals surface area (Å²) in [6.07, 6.45) is 4.13. The molecule has 1 fully saturated rings. The van der Waals surface area contributed by atoms with E-state index in [9.17, 15) is 14.7 Å². The molecule has 2 atom stereocenters. The number of likely N-dealkylation sites (tertiary alicyclic amines) is 1. The topological polar surface area (TPSA) is 85.3 Å². The van der Waals surface area contributed by atoms with Crippen LogP contribution in [0.1, 0.15) is 24.5 Å². The molecule has 0 spiro atoms. The highest BCUT2D eigenvalue weighted by atomic mass is 16.6. The maximum atomic E-state index is 12.5. The van der Waals surface area contributed by atoms with E-state index >= 15 is 0 Å². The van der Waals surface area contributed by atoms with E-state index in [-0.39, 0.29) is 29.9 Å². The Bertz CT molecular complexity index is 918. The summed E-state index contributed by atoms with van der Waals surface area (Å²) in [4.78, 5) is 26.7. The Kier molecular flexibility index (Phi) is 4.33. The molecular formula is C21H23NO6. The van der Waals surface area contributed by atoms with Gasteiger partial charge in [-0.2, -0.15) is 0 Å². The molecule has 1 N–H and O–H groups in total. The van der Waals surface area contributed by atoms with Crippen LogP contribution in [0.4, 0.5) is 4.79 Å². The molecule has 0 aromatic heterocycles. The number of carbonyl (C=O) groups is 2. The molecule has 2 unspecified atom stereocenters. The second kappa shape index (κ2) is 6.58. The van der Waals surface area contributed by atoms with Gasteiger partial charge in [-0.25, -0.2) is 4.79 Å². The smallest absolute Gasteiger partial charge is 0.410 e. The molecule has 148 valence electrons. The van der Waals surface area contributed by atoms with E-state index < -0.39 is 11.5 Å². The number of phenolic OH excluding ortho intramolecular Hbond substituents is 1. The first kappa shape index (κ1) is 18.4. The number of carbonyl (C=O) groups excluding carboxylic acids is 2. The summed E-state index contributed by atoms with van der Waals surface area (Å²) in [5.74, 6) is 0.502. The summed E-state index contributed by atoms with van der Waals surface area (Å²) in [5.41, 5.74) is 2.16. The third kappa shape index (κ3) is 2.49. The number of hydrogen-bond donors (Lipinski definition) is 1. The van der Waals surface area contributed by atoms with Gasteiger partial charge in [-0.1, -0.05) is 0 Å². The Morgan fingerprint density at radius 3 is 2.79 bits per heavy atom. The van der Waals surface area contributed by atoms with Crippen LogP contribution in [-0.2, 0) is 26.1 Å². The third-order valence-corrected chi connectivity index (χ3v) is 5.93. The molecule has 1 heterocycles. The standard InChI is InChI=1S/C21H23NO6/c1-4-28-20(25)22-6-5-21-11-19(27-3)17(24)9-14(21)15(22)7-12-8-16(23)18(26-2)10-13(12)21/h8-11,15,23H,4-7H2,1-3H3. The number of amides is 1. The summed E-state index contributed by atoms with van der Waals surface area (Å²) in [6, 6.07) is 3.20. The van der Waals surface area contributed by atoms with Crippen molar-refractivity contribution in [3.05, 3.63) is 46.7 Å². The van der Waals surface area contributed by atoms with Crippen LogP contribution in [-0.4, -0.2) is 55.3 Å². The number of ketones is 1. The molecule has 1 aliphatic heterocycles. The number of nitrogens with zero attached hydrogens (tertiary/aromatic N) is 1. The summed E-state index contributed by atoms with van der Waals surface area (Å²) in [5, 5.41) is 10.3. The van der Waals surface area contributed by atoms with Crippen molar-refractivity contribution < 1.29 is 28.9 Å². The lowest BCUT2D eigenvalue weighted by atomic mass is 9.58. The van der Waals surface area contributed by atoms with Crippen molar-refractivity contribution in [2.75, 3.05) is 27.4 Å². The molecule has 7 nitrogen and oxygen atoms in total. The average Bonchev–Trinajstić information content (AvgIpc) is 2.67. The first-order chi connectivity index (χ1) is 13.4.